The molecule has 12 heteroatoms. The number of hydrogen-bond donors (Lipinski definition) is 1. The predicted molar refractivity (Wildman–Crippen MR) is 119 cm³/mol. The molecule has 9 nitrogen and oxygen atoms in total. The first-order valence-corrected chi connectivity index (χ1v) is 10.1. The van der Waals surface area contributed by atoms with Gasteiger partial charge in [0.2, 0.25) is 5.76 Å². The molecule has 36 heavy (non-hydrogen) atoms. The lowest BCUT2D eigenvalue weighted by atomic mass is 10.1. The molecule has 0 atom stereocenters. The standard InChI is InChI=1S/C24H15F3N2O7/c1-34-19-11-13(7-8-17(19)36-23(33)18-6-3-9-35-18)10-16-20(24(25,26)27)28-29(21(16)30)15-5-2-4-14(12-15)22(31)32/h2-12H,1H3,(H,31,32). The van der Waals surface area contributed by atoms with Crippen LogP contribution < -0.4 is 14.5 Å². The van der Waals surface area contributed by atoms with Gasteiger partial charge in [0.15, 0.2) is 17.2 Å². The van der Waals surface area contributed by atoms with Crippen LogP contribution in [0.5, 0.6) is 11.5 Å². The smallest absolute Gasteiger partial charge is 0.435 e. The highest BCUT2D eigenvalue weighted by Gasteiger charge is 2.46. The second-order valence-electron chi connectivity index (χ2n) is 7.25. The number of carboxylic acid groups (broad SMARTS) is 1. The second-order valence-corrected chi connectivity index (χ2v) is 7.25. The van der Waals surface area contributed by atoms with Crippen molar-refractivity contribution >= 4 is 35.3 Å². The van der Waals surface area contributed by atoms with Crippen molar-refractivity contribution in [1.29, 1.82) is 0 Å². The number of carboxylic acids is 1. The highest BCUT2D eigenvalue weighted by atomic mass is 19.4. The van der Waals surface area contributed by atoms with E-state index in [1.165, 1.54) is 61.9 Å². The number of hydrogen-bond acceptors (Lipinski definition) is 7. The minimum absolute atomic E-state index is 0.00575. The van der Waals surface area contributed by atoms with E-state index in [-0.39, 0.29) is 34.1 Å². The Labute approximate surface area is 200 Å². The number of benzene rings is 2. The molecule has 2 heterocycles. The molecule has 0 fully saturated rings. The van der Waals surface area contributed by atoms with Crippen molar-refractivity contribution in [2.45, 2.75) is 6.18 Å². The Hall–Kier alpha value is -4.87. The fraction of sp³-hybridized carbons (Fsp3) is 0.0833. The number of carbonyl (C=O) groups is 3. The molecule has 0 spiro atoms. The molecule has 0 aliphatic carbocycles. The Kier molecular flexibility index (Phi) is 6.34. The van der Waals surface area contributed by atoms with Gasteiger partial charge in [-0.25, -0.2) is 9.59 Å². The van der Waals surface area contributed by atoms with Gasteiger partial charge < -0.3 is 19.0 Å². The molecule has 0 unspecified atom stereocenters. The van der Waals surface area contributed by atoms with Gasteiger partial charge in [-0.1, -0.05) is 12.1 Å². The number of alkyl halides is 3. The third-order valence-corrected chi connectivity index (χ3v) is 4.91. The van der Waals surface area contributed by atoms with Gasteiger partial charge in [-0.3, -0.25) is 4.79 Å². The average molecular weight is 500 g/mol. The lowest BCUT2D eigenvalue weighted by Gasteiger charge is -2.12. The molecule has 0 radical (unpaired) electrons. The summed E-state index contributed by atoms with van der Waals surface area (Å²) in [6.45, 7) is 0. The highest BCUT2D eigenvalue weighted by Crippen LogP contribution is 2.35. The SMILES string of the molecule is COc1cc(C=C2C(=O)N(c3cccc(C(=O)O)c3)N=C2C(F)(F)F)ccc1OC(=O)c1ccco1. The molecule has 1 aromatic heterocycles. The van der Waals surface area contributed by atoms with E-state index in [1.807, 2.05) is 0 Å². The average Bonchev–Trinajstić information content (AvgIpc) is 3.49. The van der Waals surface area contributed by atoms with Crippen molar-refractivity contribution in [2.75, 3.05) is 12.1 Å². The minimum Gasteiger partial charge on any atom is -0.493 e. The van der Waals surface area contributed by atoms with Crippen molar-refractivity contribution in [2.24, 2.45) is 5.10 Å². The van der Waals surface area contributed by atoms with E-state index in [2.05, 4.69) is 5.10 Å². The van der Waals surface area contributed by atoms with Crippen LogP contribution in [0.1, 0.15) is 26.5 Å². The van der Waals surface area contributed by atoms with E-state index >= 15 is 0 Å². The molecule has 0 saturated carbocycles. The largest absolute Gasteiger partial charge is 0.493 e. The van der Waals surface area contributed by atoms with Gasteiger partial charge in [0, 0.05) is 0 Å². The molecule has 3 aromatic rings. The van der Waals surface area contributed by atoms with Gasteiger partial charge >= 0.3 is 18.1 Å². The van der Waals surface area contributed by atoms with Gasteiger partial charge in [0.25, 0.3) is 5.91 Å². The van der Waals surface area contributed by atoms with E-state index in [0.29, 0.717) is 5.01 Å². The maximum absolute atomic E-state index is 13.7. The number of amides is 1. The molecule has 2 aromatic carbocycles. The van der Waals surface area contributed by atoms with Crippen LogP contribution in [0.2, 0.25) is 0 Å². The van der Waals surface area contributed by atoms with Crippen LogP contribution in [0.25, 0.3) is 6.08 Å². The van der Waals surface area contributed by atoms with E-state index in [9.17, 15) is 27.6 Å². The quantitative estimate of drug-likeness (QED) is 0.300. The number of carbonyl (C=O) groups excluding carboxylic acids is 2. The van der Waals surface area contributed by atoms with E-state index in [4.69, 9.17) is 19.0 Å². The molecule has 1 aliphatic rings. The summed E-state index contributed by atoms with van der Waals surface area (Å²) >= 11 is 0. The fourth-order valence-corrected chi connectivity index (χ4v) is 3.27. The number of nitrogens with zero attached hydrogens (tertiary/aromatic N) is 2. The lowest BCUT2D eigenvalue weighted by molar-refractivity contribution is -0.114. The van der Waals surface area contributed by atoms with Crippen LogP contribution in [0.15, 0.2) is 76.0 Å². The number of esters is 1. The number of methoxy groups -OCH3 is 1. The van der Waals surface area contributed by atoms with Gasteiger partial charge in [-0.2, -0.15) is 23.3 Å². The monoisotopic (exact) mass is 500 g/mol. The van der Waals surface area contributed by atoms with Crippen molar-refractivity contribution in [3.63, 3.8) is 0 Å². The summed E-state index contributed by atoms with van der Waals surface area (Å²) in [6.07, 6.45) is -2.75. The summed E-state index contributed by atoms with van der Waals surface area (Å²) in [5.41, 5.74) is -2.49. The van der Waals surface area contributed by atoms with Crippen molar-refractivity contribution in [3.05, 3.63) is 83.3 Å². The molecular weight excluding hydrogens is 485 g/mol. The van der Waals surface area contributed by atoms with Gasteiger partial charge in [-0.05, 0) is 54.1 Å². The van der Waals surface area contributed by atoms with Crippen molar-refractivity contribution in [1.82, 2.24) is 0 Å². The van der Waals surface area contributed by atoms with Crippen molar-refractivity contribution < 1.29 is 46.6 Å². The van der Waals surface area contributed by atoms with E-state index in [0.717, 1.165) is 12.1 Å². The summed E-state index contributed by atoms with van der Waals surface area (Å²) in [4.78, 5) is 36.3. The van der Waals surface area contributed by atoms with Gasteiger partial charge in [0.05, 0.1) is 30.2 Å². The Morgan fingerprint density at radius 3 is 2.50 bits per heavy atom. The summed E-state index contributed by atoms with van der Waals surface area (Å²) in [6, 6.07) is 11.5. The first-order chi connectivity index (χ1) is 17.1. The van der Waals surface area contributed by atoms with Crippen LogP contribution in [0, 0.1) is 0 Å². The molecule has 0 saturated heterocycles. The Balaban J connectivity index is 1.69. The first-order valence-electron chi connectivity index (χ1n) is 10.1. The summed E-state index contributed by atoms with van der Waals surface area (Å²) in [5, 5.41) is 13.1. The molecule has 1 N–H and O–H groups in total. The molecular formula is C24H15F3N2O7. The van der Waals surface area contributed by atoms with Crippen LogP contribution >= 0.6 is 0 Å². The zero-order valence-corrected chi connectivity index (χ0v) is 18.3. The first kappa shape index (κ1) is 24.3. The minimum atomic E-state index is -4.98. The third-order valence-electron chi connectivity index (χ3n) is 4.91. The van der Waals surface area contributed by atoms with Crippen LogP contribution in [0.3, 0.4) is 0 Å². The van der Waals surface area contributed by atoms with E-state index in [1.54, 1.807) is 0 Å². The van der Waals surface area contributed by atoms with Crippen LogP contribution in [-0.2, 0) is 4.79 Å². The Bertz CT molecular complexity index is 1410. The second kappa shape index (κ2) is 9.41. The molecule has 0 bridgehead atoms. The van der Waals surface area contributed by atoms with Gasteiger partial charge in [-0.15, -0.1) is 0 Å². The predicted octanol–water partition coefficient (Wildman–Crippen LogP) is 4.55. The topological polar surface area (TPSA) is 119 Å². The number of rotatable bonds is 6. The van der Waals surface area contributed by atoms with E-state index < -0.39 is 35.3 Å². The summed E-state index contributed by atoms with van der Waals surface area (Å²) in [5.74, 6) is -3.35. The Morgan fingerprint density at radius 1 is 1.08 bits per heavy atom. The van der Waals surface area contributed by atoms with Crippen LogP contribution in [0.4, 0.5) is 18.9 Å². The third kappa shape index (κ3) is 4.82. The molecule has 1 amide bonds. The normalized spacial score (nSPS) is 14.7. The Morgan fingerprint density at radius 2 is 1.86 bits per heavy atom. The van der Waals surface area contributed by atoms with Gasteiger partial charge in [0.1, 0.15) is 0 Å². The number of halogens is 3. The number of aromatic carboxylic acids is 1. The number of hydrazone groups is 1. The zero-order valence-electron chi connectivity index (χ0n) is 18.3. The number of ether oxygens (including phenoxy) is 2. The molecule has 1 aliphatic heterocycles. The fourth-order valence-electron chi connectivity index (χ4n) is 3.27. The van der Waals surface area contributed by atoms with Crippen LogP contribution in [-0.4, -0.2) is 42.0 Å². The molecule has 4 rings (SSSR count). The maximum atomic E-state index is 13.7. The zero-order chi connectivity index (χ0) is 26.0. The highest BCUT2D eigenvalue weighted by molar-refractivity contribution is 6.34. The number of furan rings is 1. The van der Waals surface area contributed by atoms with Crippen molar-refractivity contribution in [3.8, 4) is 11.5 Å². The molecule has 184 valence electrons. The number of anilines is 1. The lowest BCUT2D eigenvalue weighted by Crippen LogP contribution is -2.25. The maximum Gasteiger partial charge on any atom is 0.435 e. The summed E-state index contributed by atoms with van der Waals surface area (Å²) < 4.78 is 56.5. The summed E-state index contributed by atoms with van der Waals surface area (Å²) in [7, 11) is 1.26.